The Labute approximate surface area is 243 Å². The molecule has 1 aliphatic rings. The van der Waals surface area contributed by atoms with Crippen LogP contribution < -0.4 is 15.2 Å². The molecule has 5 rings (SSSR count). The van der Waals surface area contributed by atoms with E-state index < -0.39 is 11.2 Å². The molecular weight excluding hydrogens is 544 g/mol. The maximum atomic E-state index is 13.8. The van der Waals surface area contributed by atoms with Gasteiger partial charge in [0.25, 0.3) is 0 Å². The Morgan fingerprint density at radius 1 is 0.878 bits per heavy atom. The van der Waals surface area contributed by atoms with Crippen molar-refractivity contribution in [1.29, 1.82) is 0 Å². The summed E-state index contributed by atoms with van der Waals surface area (Å²) in [6.07, 6.45) is 1.25. The van der Waals surface area contributed by atoms with Gasteiger partial charge in [-0.25, -0.2) is 4.79 Å². The summed E-state index contributed by atoms with van der Waals surface area (Å²) < 4.78 is 13.0. The maximum Gasteiger partial charge on any atom is 0.410 e. The molecule has 0 bridgehead atoms. The van der Waals surface area contributed by atoms with Crippen molar-refractivity contribution in [2.24, 2.45) is 0 Å². The molecule has 0 radical (unpaired) electrons. The van der Waals surface area contributed by atoms with Crippen molar-refractivity contribution < 1.29 is 19.4 Å². The van der Waals surface area contributed by atoms with E-state index in [1.807, 2.05) is 49.9 Å². The van der Waals surface area contributed by atoms with Crippen LogP contribution in [-0.2, 0) is 4.74 Å². The fraction of sp³-hybridized carbons (Fsp3) is 0.258. The average Bonchev–Trinajstić information content (AvgIpc) is 2.95. The minimum Gasteiger partial charge on any atom is -0.508 e. The predicted octanol–water partition coefficient (Wildman–Crippen LogP) is 6.11. The van der Waals surface area contributed by atoms with Gasteiger partial charge in [-0.2, -0.15) is 9.78 Å². The van der Waals surface area contributed by atoms with Crippen LogP contribution in [0, 0.1) is 0 Å². The highest BCUT2D eigenvalue weighted by atomic mass is 35.5. The summed E-state index contributed by atoms with van der Waals surface area (Å²) in [7, 11) is 0. The van der Waals surface area contributed by atoms with E-state index in [0.717, 1.165) is 11.1 Å². The first-order chi connectivity index (χ1) is 19.6. The zero-order valence-corrected chi connectivity index (χ0v) is 23.8. The molecule has 1 fully saturated rings. The molecule has 4 aromatic rings. The summed E-state index contributed by atoms with van der Waals surface area (Å²) in [4.78, 5) is 30.0. The first-order valence-corrected chi connectivity index (χ1v) is 13.6. The molecule has 3 aromatic carbocycles. The second-order valence-corrected chi connectivity index (χ2v) is 11.1. The molecule has 0 unspecified atom stereocenters. The average molecular weight is 575 g/mol. The van der Waals surface area contributed by atoms with Crippen LogP contribution >= 0.6 is 11.6 Å². The monoisotopic (exact) mass is 574 g/mol. The smallest absolute Gasteiger partial charge is 0.410 e. The van der Waals surface area contributed by atoms with E-state index in [2.05, 4.69) is 5.10 Å². The van der Waals surface area contributed by atoms with Gasteiger partial charge in [0.1, 0.15) is 22.8 Å². The van der Waals surface area contributed by atoms with Crippen molar-refractivity contribution in [2.75, 3.05) is 31.1 Å². The third kappa shape index (κ3) is 6.63. The van der Waals surface area contributed by atoms with Gasteiger partial charge in [-0.1, -0.05) is 35.9 Å². The Hall–Kier alpha value is -4.50. The van der Waals surface area contributed by atoms with Crippen LogP contribution in [-0.4, -0.2) is 57.7 Å². The van der Waals surface area contributed by atoms with Crippen molar-refractivity contribution in [3.8, 4) is 34.1 Å². The first-order valence-electron chi connectivity index (χ1n) is 13.3. The van der Waals surface area contributed by atoms with E-state index in [1.165, 1.54) is 4.68 Å². The summed E-state index contributed by atoms with van der Waals surface area (Å²) in [5, 5.41) is 14.6. The zero-order valence-electron chi connectivity index (χ0n) is 23.1. The van der Waals surface area contributed by atoms with Crippen LogP contribution in [0.15, 0.2) is 83.8 Å². The number of nitrogens with zero attached hydrogens (tertiary/aromatic N) is 4. The predicted molar refractivity (Wildman–Crippen MR) is 158 cm³/mol. The number of aromatic hydroxyl groups is 1. The Morgan fingerprint density at radius 2 is 1.46 bits per heavy atom. The van der Waals surface area contributed by atoms with E-state index >= 15 is 0 Å². The highest BCUT2D eigenvalue weighted by Crippen LogP contribution is 2.32. The number of hydrogen-bond acceptors (Lipinski definition) is 7. The number of amides is 1. The number of carbonyl (C=O) groups excluding carboxylic acids is 1. The normalized spacial score (nSPS) is 13.7. The van der Waals surface area contributed by atoms with E-state index in [0.29, 0.717) is 48.3 Å². The number of ether oxygens (including phenoxy) is 2. The molecule has 1 N–H and O–H groups in total. The van der Waals surface area contributed by atoms with E-state index in [9.17, 15) is 14.7 Å². The summed E-state index contributed by atoms with van der Waals surface area (Å²) in [5.41, 5.74) is 1.95. The fourth-order valence-electron chi connectivity index (χ4n) is 4.46. The fourth-order valence-corrected chi connectivity index (χ4v) is 4.59. The molecule has 2 heterocycles. The minimum atomic E-state index is -0.580. The molecule has 1 aromatic heterocycles. The Balaban J connectivity index is 1.44. The number of phenols is 1. The van der Waals surface area contributed by atoms with Gasteiger partial charge >= 0.3 is 11.7 Å². The van der Waals surface area contributed by atoms with Crippen molar-refractivity contribution >= 4 is 23.4 Å². The van der Waals surface area contributed by atoms with Gasteiger partial charge in [0.2, 0.25) is 5.75 Å². The lowest BCUT2D eigenvalue weighted by Crippen LogP contribution is -2.50. The van der Waals surface area contributed by atoms with E-state index in [1.54, 1.807) is 59.6 Å². The summed E-state index contributed by atoms with van der Waals surface area (Å²) in [6, 6.07) is 21.1. The molecule has 212 valence electrons. The third-order valence-corrected chi connectivity index (χ3v) is 6.78. The first kappa shape index (κ1) is 28.0. The molecule has 10 heteroatoms. The lowest BCUT2D eigenvalue weighted by Gasteiger charge is -2.37. The Bertz CT molecular complexity index is 1570. The lowest BCUT2D eigenvalue weighted by atomic mass is 10.1. The van der Waals surface area contributed by atoms with Crippen molar-refractivity contribution in [3.63, 3.8) is 0 Å². The third-order valence-electron chi connectivity index (χ3n) is 6.53. The van der Waals surface area contributed by atoms with Crippen LogP contribution in [0.2, 0.25) is 5.02 Å². The van der Waals surface area contributed by atoms with Gasteiger partial charge in [0, 0.05) is 31.2 Å². The Kier molecular flexibility index (Phi) is 7.90. The molecule has 1 aliphatic heterocycles. The van der Waals surface area contributed by atoms with E-state index in [-0.39, 0.29) is 17.6 Å². The molecule has 1 saturated heterocycles. The number of benzene rings is 3. The van der Waals surface area contributed by atoms with Crippen molar-refractivity contribution in [1.82, 2.24) is 14.7 Å². The second-order valence-electron chi connectivity index (χ2n) is 10.7. The number of piperazine rings is 1. The van der Waals surface area contributed by atoms with Gasteiger partial charge in [0.15, 0.2) is 0 Å². The number of rotatable bonds is 5. The summed E-state index contributed by atoms with van der Waals surface area (Å²) in [6.45, 7) is 7.31. The second kappa shape index (κ2) is 11.5. The van der Waals surface area contributed by atoms with Gasteiger partial charge in [-0.15, -0.1) is 0 Å². The highest BCUT2D eigenvalue weighted by Gasteiger charge is 2.28. The molecule has 9 nitrogen and oxygen atoms in total. The van der Waals surface area contributed by atoms with Crippen molar-refractivity contribution in [2.45, 2.75) is 26.4 Å². The van der Waals surface area contributed by atoms with Crippen LogP contribution in [0.5, 0.6) is 17.2 Å². The molecule has 0 aliphatic carbocycles. The number of phenolic OH excluding ortho intramolecular Hbond substituents is 1. The number of anilines is 1. The number of halogens is 1. The minimum absolute atomic E-state index is 0.123. The van der Waals surface area contributed by atoms with Gasteiger partial charge in [-0.05, 0) is 80.4 Å². The van der Waals surface area contributed by atoms with Crippen molar-refractivity contribution in [3.05, 3.63) is 94.4 Å². The standard InChI is InChI=1S/C31H31ClN4O5/c1-31(2,3)41-30(39)35-18-16-34(17-19-35)27-20-33-36(24-10-8-23(32)9-11-24)29(38)28(27)40-26-14-6-22(7-15-26)21-4-12-25(37)13-5-21/h4-15,20,37H,16-19H2,1-3H3. The molecule has 0 atom stereocenters. The van der Waals surface area contributed by atoms with Gasteiger partial charge in [0.05, 0.1) is 11.9 Å². The van der Waals surface area contributed by atoms with E-state index in [4.69, 9.17) is 21.1 Å². The summed E-state index contributed by atoms with van der Waals surface area (Å²) >= 11 is 6.05. The SMILES string of the molecule is CC(C)(C)OC(=O)N1CCN(c2cnn(-c3ccc(Cl)cc3)c(=O)c2Oc2ccc(-c3ccc(O)cc3)cc2)CC1. The lowest BCUT2D eigenvalue weighted by molar-refractivity contribution is 0.0240. The van der Waals surface area contributed by atoms with Crippen LogP contribution in [0.4, 0.5) is 10.5 Å². The maximum absolute atomic E-state index is 13.8. The van der Waals surface area contributed by atoms with Crippen LogP contribution in [0.1, 0.15) is 20.8 Å². The molecule has 0 saturated carbocycles. The topological polar surface area (TPSA) is 97.1 Å². The quantitative estimate of drug-likeness (QED) is 0.307. The molecular formula is C31H31ClN4O5. The van der Waals surface area contributed by atoms with Crippen LogP contribution in [0.25, 0.3) is 16.8 Å². The number of aromatic nitrogens is 2. The van der Waals surface area contributed by atoms with Crippen LogP contribution in [0.3, 0.4) is 0 Å². The molecule has 1 amide bonds. The van der Waals surface area contributed by atoms with Gasteiger partial charge in [-0.3, -0.25) is 4.79 Å². The Morgan fingerprint density at radius 3 is 2.05 bits per heavy atom. The highest BCUT2D eigenvalue weighted by molar-refractivity contribution is 6.30. The molecule has 0 spiro atoms. The largest absolute Gasteiger partial charge is 0.508 e. The number of carbonyl (C=O) groups is 1. The molecule has 41 heavy (non-hydrogen) atoms. The number of hydrogen-bond donors (Lipinski definition) is 1. The van der Waals surface area contributed by atoms with Gasteiger partial charge < -0.3 is 24.4 Å². The zero-order chi connectivity index (χ0) is 29.1. The summed E-state index contributed by atoms with van der Waals surface area (Å²) in [5.74, 6) is 0.799.